The molecule has 0 spiro atoms. The van der Waals surface area contributed by atoms with Gasteiger partial charge >= 0.3 is 0 Å². The fourth-order valence-corrected chi connectivity index (χ4v) is 1.98. The van der Waals surface area contributed by atoms with Crippen LogP contribution in [0.3, 0.4) is 0 Å². The molecular weight excluding hydrogens is 254 g/mol. The molecule has 0 fully saturated rings. The number of nitrogens with zero attached hydrogens (tertiary/aromatic N) is 2. The first-order valence-corrected chi connectivity index (χ1v) is 6.87. The Morgan fingerprint density at radius 3 is 2.70 bits per heavy atom. The molecule has 1 heterocycles. The normalized spacial score (nSPS) is 12.4. The van der Waals surface area contributed by atoms with Crippen molar-refractivity contribution in [2.24, 2.45) is 5.73 Å². The highest BCUT2D eigenvalue weighted by Gasteiger charge is 2.09. The van der Waals surface area contributed by atoms with E-state index < -0.39 is 0 Å². The van der Waals surface area contributed by atoms with Crippen molar-refractivity contribution in [3.8, 4) is 5.75 Å². The summed E-state index contributed by atoms with van der Waals surface area (Å²) >= 11 is 0. The standard InChI is InChI=1S/C15H21N3O2/c1-4-14-17-18-15(20-14)9-19-13-6-5-10(2)7-12(13)8-11(3)16/h5-7,11H,4,8-9,16H2,1-3H3. The molecule has 0 saturated heterocycles. The Kier molecular flexibility index (Phi) is 4.74. The summed E-state index contributed by atoms with van der Waals surface area (Å²) in [6, 6.07) is 6.17. The van der Waals surface area contributed by atoms with Gasteiger partial charge in [-0.25, -0.2) is 0 Å². The van der Waals surface area contributed by atoms with Gasteiger partial charge in [0, 0.05) is 12.5 Å². The second-order valence-electron chi connectivity index (χ2n) is 5.02. The van der Waals surface area contributed by atoms with Crippen LogP contribution in [0, 0.1) is 6.92 Å². The van der Waals surface area contributed by atoms with Crippen LogP contribution in [-0.2, 0) is 19.4 Å². The Balaban J connectivity index is 2.08. The Morgan fingerprint density at radius 2 is 2.05 bits per heavy atom. The number of nitrogens with two attached hydrogens (primary N) is 1. The third-order valence-corrected chi connectivity index (χ3v) is 2.92. The lowest BCUT2D eigenvalue weighted by atomic mass is 10.0. The maximum absolute atomic E-state index is 5.88. The highest BCUT2D eigenvalue weighted by molar-refractivity contribution is 5.37. The van der Waals surface area contributed by atoms with Gasteiger partial charge in [-0.2, -0.15) is 0 Å². The van der Waals surface area contributed by atoms with Crippen molar-refractivity contribution in [3.05, 3.63) is 41.1 Å². The van der Waals surface area contributed by atoms with Crippen LogP contribution >= 0.6 is 0 Å². The van der Waals surface area contributed by atoms with Gasteiger partial charge in [0.1, 0.15) is 5.75 Å². The van der Waals surface area contributed by atoms with E-state index >= 15 is 0 Å². The average molecular weight is 275 g/mol. The fraction of sp³-hybridized carbons (Fsp3) is 0.467. The predicted octanol–water partition coefficient (Wildman–Crippen LogP) is 2.41. The molecule has 0 aliphatic rings. The monoisotopic (exact) mass is 275 g/mol. The number of rotatable bonds is 6. The van der Waals surface area contributed by atoms with E-state index in [4.69, 9.17) is 14.9 Å². The number of hydrogen-bond acceptors (Lipinski definition) is 5. The molecule has 5 nitrogen and oxygen atoms in total. The van der Waals surface area contributed by atoms with Crippen molar-refractivity contribution in [2.75, 3.05) is 0 Å². The Bertz CT molecular complexity index is 564. The van der Waals surface area contributed by atoms with Gasteiger partial charge < -0.3 is 14.9 Å². The van der Waals surface area contributed by atoms with Crippen LogP contribution in [0.25, 0.3) is 0 Å². The van der Waals surface area contributed by atoms with Crippen molar-refractivity contribution >= 4 is 0 Å². The van der Waals surface area contributed by atoms with Gasteiger partial charge in [0.15, 0.2) is 6.61 Å². The molecule has 1 aromatic heterocycles. The van der Waals surface area contributed by atoms with Gasteiger partial charge in [0.05, 0.1) is 0 Å². The smallest absolute Gasteiger partial charge is 0.253 e. The molecule has 0 aliphatic heterocycles. The molecule has 2 N–H and O–H groups in total. The minimum Gasteiger partial charge on any atom is -0.484 e. The lowest BCUT2D eigenvalue weighted by molar-refractivity contribution is 0.256. The number of aromatic nitrogens is 2. The first-order valence-electron chi connectivity index (χ1n) is 6.87. The van der Waals surface area contributed by atoms with Crippen LogP contribution in [0.4, 0.5) is 0 Å². The van der Waals surface area contributed by atoms with Gasteiger partial charge in [0.25, 0.3) is 5.89 Å². The third-order valence-electron chi connectivity index (χ3n) is 2.92. The highest BCUT2D eigenvalue weighted by Crippen LogP contribution is 2.22. The van der Waals surface area contributed by atoms with Crippen molar-refractivity contribution in [1.29, 1.82) is 0 Å². The van der Waals surface area contributed by atoms with Crippen molar-refractivity contribution < 1.29 is 9.15 Å². The molecule has 0 amide bonds. The van der Waals surface area contributed by atoms with Crippen LogP contribution in [-0.4, -0.2) is 16.2 Å². The lowest BCUT2D eigenvalue weighted by Gasteiger charge is -2.13. The van der Waals surface area contributed by atoms with Crippen LogP contribution in [0.2, 0.25) is 0 Å². The maximum Gasteiger partial charge on any atom is 0.253 e. The van der Waals surface area contributed by atoms with Crippen LogP contribution in [0.5, 0.6) is 5.75 Å². The quantitative estimate of drug-likeness (QED) is 0.876. The molecule has 2 aromatic rings. The zero-order chi connectivity index (χ0) is 14.5. The molecule has 0 aliphatic carbocycles. The average Bonchev–Trinajstić information content (AvgIpc) is 2.85. The number of hydrogen-bond donors (Lipinski definition) is 1. The SMILES string of the molecule is CCc1nnc(COc2ccc(C)cc2CC(C)N)o1. The fourth-order valence-electron chi connectivity index (χ4n) is 1.98. The van der Waals surface area contributed by atoms with Crippen molar-refractivity contribution in [2.45, 2.75) is 46.3 Å². The third kappa shape index (κ3) is 3.81. The summed E-state index contributed by atoms with van der Waals surface area (Å²) in [6.07, 6.45) is 1.51. The lowest BCUT2D eigenvalue weighted by Crippen LogP contribution is -2.18. The zero-order valence-corrected chi connectivity index (χ0v) is 12.2. The first kappa shape index (κ1) is 14.5. The topological polar surface area (TPSA) is 74.2 Å². The van der Waals surface area contributed by atoms with E-state index in [1.807, 2.05) is 26.0 Å². The minimum atomic E-state index is 0.0919. The minimum absolute atomic E-state index is 0.0919. The van der Waals surface area contributed by atoms with Gasteiger partial charge in [-0.3, -0.25) is 0 Å². The summed E-state index contributed by atoms with van der Waals surface area (Å²) in [7, 11) is 0. The van der Waals surface area contributed by atoms with E-state index in [0.717, 1.165) is 24.2 Å². The molecule has 1 aromatic carbocycles. The molecule has 108 valence electrons. The number of aryl methyl sites for hydroxylation is 2. The molecule has 5 heteroatoms. The van der Waals surface area contributed by atoms with Gasteiger partial charge in [0.2, 0.25) is 5.89 Å². The summed E-state index contributed by atoms with van der Waals surface area (Å²) in [5.41, 5.74) is 8.18. The molecule has 0 saturated carbocycles. The van der Waals surface area contributed by atoms with Crippen molar-refractivity contribution in [1.82, 2.24) is 10.2 Å². The van der Waals surface area contributed by atoms with Crippen molar-refractivity contribution in [3.63, 3.8) is 0 Å². The summed E-state index contributed by atoms with van der Waals surface area (Å²) < 4.78 is 11.2. The molecule has 1 atom stereocenters. The van der Waals surface area contributed by atoms with Gasteiger partial charge in [-0.05, 0) is 31.9 Å². The van der Waals surface area contributed by atoms with E-state index in [-0.39, 0.29) is 12.6 Å². The Labute approximate surface area is 119 Å². The Hall–Kier alpha value is -1.88. The molecule has 0 bridgehead atoms. The predicted molar refractivity (Wildman–Crippen MR) is 76.5 cm³/mol. The van der Waals surface area contributed by atoms with E-state index in [0.29, 0.717) is 11.8 Å². The summed E-state index contributed by atoms with van der Waals surface area (Å²) in [4.78, 5) is 0. The first-order chi connectivity index (χ1) is 9.58. The molecular formula is C15H21N3O2. The van der Waals surface area contributed by atoms with Gasteiger partial charge in [-0.1, -0.05) is 24.6 Å². The van der Waals surface area contributed by atoms with E-state index in [9.17, 15) is 0 Å². The van der Waals surface area contributed by atoms with E-state index in [1.165, 1.54) is 5.56 Å². The summed E-state index contributed by atoms with van der Waals surface area (Å²) in [6.45, 7) is 6.29. The maximum atomic E-state index is 5.88. The van der Waals surface area contributed by atoms with E-state index in [2.05, 4.69) is 23.2 Å². The largest absolute Gasteiger partial charge is 0.484 e. The van der Waals surface area contributed by atoms with Gasteiger partial charge in [-0.15, -0.1) is 10.2 Å². The van der Waals surface area contributed by atoms with E-state index in [1.54, 1.807) is 0 Å². The highest BCUT2D eigenvalue weighted by atomic mass is 16.5. The zero-order valence-electron chi connectivity index (χ0n) is 12.2. The van der Waals surface area contributed by atoms with Crippen LogP contribution in [0.15, 0.2) is 22.6 Å². The summed E-state index contributed by atoms with van der Waals surface area (Å²) in [5, 5.41) is 7.86. The molecule has 20 heavy (non-hydrogen) atoms. The summed E-state index contributed by atoms with van der Waals surface area (Å²) in [5.74, 6) is 1.95. The second-order valence-corrected chi connectivity index (χ2v) is 5.02. The number of ether oxygens (including phenoxy) is 1. The Morgan fingerprint density at radius 1 is 1.30 bits per heavy atom. The van der Waals surface area contributed by atoms with Crippen LogP contribution < -0.4 is 10.5 Å². The number of benzene rings is 1. The molecule has 2 rings (SSSR count). The van der Waals surface area contributed by atoms with Crippen LogP contribution in [0.1, 0.15) is 36.8 Å². The second kappa shape index (κ2) is 6.52. The molecule has 0 radical (unpaired) electrons. The molecule has 1 unspecified atom stereocenters.